The number of piperazine rings is 1. The molecule has 6 heteroatoms. The molecular weight excluding hydrogens is 308 g/mol. The van der Waals surface area contributed by atoms with Crippen molar-refractivity contribution >= 4 is 16.3 Å². The summed E-state index contributed by atoms with van der Waals surface area (Å²) in [6.45, 7) is 5.92. The van der Waals surface area contributed by atoms with Gasteiger partial charge in [0.15, 0.2) is 4.96 Å². The lowest BCUT2D eigenvalue weighted by Crippen LogP contribution is -3.19. The van der Waals surface area contributed by atoms with E-state index in [1.807, 2.05) is 12.1 Å². The Bertz CT molecular complexity index is 787. The van der Waals surface area contributed by atoms with E-state index < -0.39 is 0 Å². The van der Waals surface area contributed by atoms with Crippen molar-refractivity contribution in [2.45, 2.75) is 6.54 Å². The SMILES string of the molecule is COc1ccc(-c2nc3sccn3c2C[NH+]2CC[NH2+]CC2)cc1. The molecule has 3 N–H and O–H groups in total. The first-order chi connectivity index (χ1) is 11.3. The van der Waals surface area contributed by atoms with Crippen molar-refractivity contribution in [1.29, 1.82) is 0 Å². The van der Waals surface area contributed by atoms with Crippen molar-refractivity contribution in [2.75, 3.05) is 33.3 Å². The minimum atomic E-state index is 0.883. The van der Waals surface area contributed by atoms with Gasteiger partial charge in [-0.25, -0.2) is 4.98 Å². The van der Waals surface area contributed by atoms with E-state index in [-0.39, 0.29) is 0 Å². The first-order valence-electron chi connectivity index (χ1n) is 8.09. The van der Waals surface area contributed by atoms with Crippen LogP contribution in [0.15, 0.2) is 35.8 Å². The summed E-state index contributed by atoms with van der Waals surface area (Å²) >= 11 is 1.70. The highest BCUT2D eigenvalue weighted by atomic mass is 32.1. The van der Waals surface area contributed by atoms with Crippen molar-refractivity contribution in [3.63, 3.8) is 0 Å². The van der Waals surface area contributed by atoms with Crippen LogP contribution in [0.4, 0.5) is 0 Å². The van der Waals surface area contributed by atoms with Crippen molar-refractivity contribution in [1.82, 2.24) is 9.38 Å². The number of aromatic nitrogens is 2. The van der Waals surface area contributed by atoms with Crippen molar-refractivity contribution in [3.05, 3.63) is 41.5 Å². The fraction of sp³-hybridized carbons (Fsp3) is 0.353. The molecule has 0 unspecified atom stereocenters. The van der Waals surface area contributed by atoms with Gasteiger partial charge in [-0.2, -0.15) is 0 Å². The van der Waals surface area contributed by atoms with Gasteiger partial charge in [0.05, 0.1) is 12.8 Å². The molecule has 0 saturated carbocycles. The van der Waals surface area contributed by atoms with E-state index in [1.54, 1.807) is 23.3 Å². The molecule has 5 nitrogen and oxygen atoms in total. The number of ether oxygens (including phenoxy) is 1. The summed E-state index contributed by atoms with van der Waals surface area (Å²) in [5, 5.41) is 4.52. The Morgan fingerprint density at radius 2 is 2.04 bits per heavy atom. The van der Waals surface area contributed by atoms with Gasteiger partial charge >= 0.3 is 0 Å². The summed E-state index contributed by atoms with van der Waals surface area (Å²) in [6, 6.07) is 8.23. The Morgan fingerprint density at radius 1 is 1.26 bits per heavy atom. The molecule has 0 atom stereocenters. The minimum absolute atomic E-state index is 0.883. The third-order valence-corrected chi connectivity index (χ3v) is 5.30. The highest BCUT2D eigenvalue weighted by molar-refractivity contribution is 7.15. The number of quaternary nitrogens is 2. The Kier molecular flexibility index (Phi) is 4.03. The maximum absolute atomic E-state index is 5.27. The lowest BCUT2D eigenvalue weighted by atomic mass is 10.1. The number of methoxy groups -OCH3 is 1. The maximum atomic E-state index is 5.27. The highest BCUT2D eigenvalue weighted by Crippen LogP contribution is 2.27. The summed E-state index contributed by atoms with van der Waals surface area (Å²) in [5.74, 6) is 0.883. The van der Waals surface area contributed by atoms with Gasteiger partial charge in [-0.05, 0) is 24.3 Å². The molecule has 4 rings (SSSR count). The predicted molar refractivity (Wildman–Crippen MR) is 91.1 cm³/mol. The summed E-state index contributed by atoms with van der Waals surface area (Å²) in [5.41, 5.74) is 3.60. The van der Waals surface area contributed by atoms with Crippen LogP contribution in [0.3, 0.4) is 0 Å². The van der Waals surface area contributed by atoms with Crippen molar-refractivity contribution in [3.8, 4) is 17.0 Å². The smallest absolute Gasteiger partial charge is 0.194 e. The highest BCUT2D eigenvalue weighted by Gasteiger charge is 2.22. The molecule has 1 aliphatic rings. The zero-order valence-electron chi connectivity index (χ0n) is 13.3. The van der Waals surface area contributed by atoms with Gasteiger partial charge in [-0.3, -0.25) is 4.40 Å². The second kappa shape index (κ2) is 6.31. The Balaban J connectivity index is 1.72. The summed E-state index contributed by atoms with van der Waals surface area (Å²) in [7, 11) is 1.70. The fourth-order valence-corrected chi connectivity index (χ4v) is 4.01. The van der Waals surface area contributed by atoms with E-state index in [1.165, 1.54) is 37.4 Å². The zero-order valence-corrected chi connectivity index (χ0v) is 14.1. The van der Waals surface area contributed by atoms with E-state index in [0.717, 1.165) is 22.9 Å². The largest absolute Gasteiger partial charge is 0.497 e. The van der Waals surface area contributed by atoms with Crippen LogP contribution < -0.4 is 15.0 Å². The Hall–Kier alpha value is -1.89. The van der Waals surface area contributed by atoms with Crippen LogP contribution in [0.25, 0.3) is 16.2 Å². The number of nitrogens with zero attached hydrogens (tertiary/aromatic N) is 2. The van der Waals surface area contributed by atoms with Crippen molar-refractivity contribution < 1.29 is 15.0 Å². The molecule has 1 fully saturated rings. The summed E-state index contributed by atoms with van der Waals surface area (Å²) in [6.07, 6.45) is 2.14. The molecule has 3 heterocycles. The van der Waals surface area contributed by atoms with E-state index in [4.69, 9.17) is 9.72 Å². The van der Waals surface area contributed by atoms with E-state index in [9.17, 15) is 0 Å². The summed E-state index contributed by atoms with van der Waals surface area (Å²) in [4.78, 5) is 7.61. The van der Waals surface area contributed by atoms with Gasteiger partial charge in [0.2, 0.25) is 0 Å². The van der Waals surface area contributed by atoms with Gasteiger partial charge in [-0.15, -0.1) is 11.3 Å². The number of benzene rings is 1. The Labute approximate surface area is 139 Å². The third kappa shape index (κ3) is 2.85. The van der Waals surface area contributed by atoms with Crippen LogP contribution in [0, 0.1) is 0 Å². The summed E-state index contributed by atoms with van der Waals surface area (Å²) < 4.78 is 7.53. The number of nitrogens with one attached hydrogen (secondary N) is 1. The van der Waals surface area contributed by atoms with Crippen LogP contribution >= 0.6 is 11.3 Å². The fourth-order valence-electron chi connectivity index (χ4n) is 3.28. The van der Waals surface area contributed by atoms with Gasteiger partial charge in [-0.1, -0.05) is 0 Å². The quantitative estimate of drug-likeness (QED) is 0.709. The first kappa shape index (κ1) is 14.7. The average Bonchev–Trinajstić information content (AvgIpc) is 3.19. The molecule has 2 aromatic heterocycles. The molecule has 23 heavy (non-hydrogen) atoms. The Morgan fingerprint density at radius 3 is 2.78 bits per heavy atom. The molecule has 0 radical (unpaired) electrons. The van der Waals surface area contributed by atoms with Gasteiger partial charge in [0.1, 0.15) is 44.2 Å². The van der Waals surface area contributed by atoms with Crippen LogP contribution in [0.1, 0.15) is 5.69 Å². The monoisotopic (exact) mass is 330 g/mol. The van der Waals surface area contributed by atoms with Crippen LogP contribution in [0.5, 0.6) is 5.75 Å². The van der Waals surface area contributed by atoms with Gasteiger partial charge < -0.3 is 15.0 Å². The second-order valence-corrected chi connectivity index (χ2v) is 6.86. The molecule has 0 aliphatic carbocycles. The topological polar surface area (TPSA) is 47.6 Å². The average molecular weight is 330 g/mol. The molecule has 0 bridgehead atoms. The van der Waals surface area contributed by atoms with Crippen LogP contribution in [0.2, 0.25) is 0 Å². The van der Waals surface area contributed by atoms with E-state index in [0.29, 0.717) is 0 Å². The molecule has 1 saturated heterocycles. The lowest BCUT2D eigenvalue weighted by Gasteiger charge is -2.22. The number of nitrogens with two attached hydrogens (primary N) is 1. The standard InChI is InChI=1S/C17H20N4OS/c1-22-14-4-2-13(3-5-14)16-15(12-20-8-6-18-7-9-20)21-10-11-23-17(21)19-16/h2-5,10-11,18H,6-9,12H2,1H3/p+2. The molecule has 3 aromatic rings. The van der Waals surface area contributed by atoms with Crippen LogP contribution in [-0.2, 0) is 6.54 Å². The van der Waals surface area contributed by atoms with Crippen LogP contribution in [-0.4, -0.2) is 42.7 Å². The zero-order chi connectivity index (χ0) is 15.6. The molecule has 0 spiro atoms. The number of fused-ring (bicyclic) bond motifs is 1. The molecule has 1 aromatic carbocycles. The molecule has 1 aliphatic heterocycles. The lowest BCUT2D eigenvalue weighted by molar-refractivity contribution is -0.958. The number of hydrogen-bond donors (Lipinski definition) is 2. The molecular formula is C17H22N4OS+2. The maximum Gasteiger partial charge on any atom is 0.194 e. The first-order valence-corrected chi connectivity index (χ1v) is 8.97. The molecule has 0 amide bonds. The molecule has 120 valence electrons. The minimum Gasteiger partial charge on any atom is -0.497 e. The second-order valence-electron chi connectivity index (χ2n) is 5.98. The van der Waals surface area contributed by atoms with Crippen molar-refractivity contribution in [2.24, 2.45) is 0 Å². The van der Waals surface area contributed by atoms with E-state index in [2.05, 4.69) is 33.4 Å². The van der Waals surface area contributed by atoms with E-state index >= 15 is 0 Å². The number of imidazole rings is 1. The number of rotatable bonds is 4. The normalized spacial score (nSPS) is 16.0. The number of hydrogen-bond acceptors (Lipinski definition) is 3. The number of thiazole rings is 1. The van der Waals surface area contributed by atoms with Gasteiger partial charge in [0.25, 0.3) is 0 Å². The third-order valence-electron chi connectivity index (χ3n) is 4.55. The van der Waals surface area contributed by atoms with Gasteiger partial charge in [0, 0.05) is 17.1 Å². The predicted octanol–water partition coefficient (Wildman–Crippen LogP) is 0.0333.